The van der Waals surface area contributed by atoms with Gasteiger partial charge in [0.2, 0.25) is 0 Å². The number of H-pyrrole nitrogens is 1. The number of halogens is 1. The van der Waals surface area contributed by atoms with E-state index in [1.54, 1.807) is 10.8 Å². The fraction of sp³-hybridized carbons (Fsp3) is 0.211. The van der Waals surface area contributed by atoms with E-state index in [0.717, 1.165) is 0 Å². The molecule has 1 atom stereocenters. The number of nitrogens with two attached hydrogens (primary N) is 1. The topological polar surface area (TPSA) is 119 Å². The fourth-order valence-corrected chi connectivity index (χ4v) is 2.90. The second kappa shape index (κ2) is 6.51. The van der Waals surface area contributed by atoms with Gasteiger partial charge in [-0.2, -0.15) is 0 Å². The molecular weight excluding hydrogens is 365 g/mol. The predicted octanol–water partition coefficient (Wildman–Crippen LogP) is 1.16. The molecule has 1 amide bonds. The van der Waals surface area contributed by atoms with Crippen molar-refractivity contribution < 1.29 is 19.0 Å². The first kappa shape index (κ1) is 17.8. The normalized spacial score (nSPS) is 14.5. The number of benzene rings is 1. The van der Waals surface area contributed by atoms with Crippen molar-refractivity contribution >= 4 is 5.91 Å². The number of hydrogen-bond donors (Lipinski definition) is 3. The molecule has 0 bridgehead atoms. The van der Waals surface area contributed by atoms with Crippen LogP contribution in [0.3, 0.4) is 0 Å². The number of carbonyl (C=O) groups excluding carboxylic acids is 1. The molecule has 28 heavy (non-hydrogen) atoms. The molecule has 0 aliphatic carbocycles. The van der Waals surface area contributed by atoms with Gasteiger partial charge in [0.25, 0.3) is 5.91 Å². The Labute approximate surface area is 159 Å². The minimum atomic E-state index is -1.59. The monoisotopic (exact) mass is 381 g/mol. The molecule has 1 aliphatic heterocycles. The Balaban J connectivity index is 1.80. The van der Waals surface area contributed by atoms with E-state index in [2.05, 4.69) is 26.8 Å². The van der Waals surface area contributed by atoms with E-state index in [9.17, 15) is 14.3 Å². The van der Waals surface area contributed by atoms with Crippen molar-refractivity contribution in [2.75, 3.05) is 6.61 Å². The van der Waals surface area contributed by atoms with E-state index in [1.807, 2.05) is 0 Å². The van der Waals surface area contributed by atoms with E-state index in [1.165, 1.54) is 31.5 Å². The van der Waals surface area contributed by atoms with Crippen molar-refractivity contribution in [3.05, 3.63) is 53.6 Å². The molecule has 9 heteroatoms. The summed E-state index contributed by atoms with van der Waals surface area (Å²) in [5.74, 6) is 4.99. The summed E-state index contributed by atoms with van der Waals surface area (Å²) in [6.07, 6.45) is 4.58. The van der Waals surface area contributed by atoms with Crippen LogP contribution in [-0.4, -0.2) is 37.1 Å². The Kier molecular flexibility index (Phi) is 4.13. The van der Waals surface area contributed by atoms with Gasteiger partial charge in [-0.15, -0.1) is 0 Å². The van der Waals surface area contributed by atoms with Crippen LogP contribution < -0.4 is 10.5 Å². The molecule has 0 saturated carbocycles. The first-order chi connectivity index (χ1) is 13.3. The van der Waals surface area contributed by atoms with Crippen LogP contribution >= 0.6 is 0 Å². The smallest absolute Gasteiger partial charge is 0.268 e. The highest BCUT2D eigenvalue weighted by molar-refractivity contribution is 5.91. The summed E-state index contributed by atoms with van der Waals surface area (Å²) in [7, 11) is 0. The second-order valence-corrected chi connectivity index (χ2v) is 6.44. The van der Waals surface area contributed by atoms with Gasteiger partial charge >= 0.3 is 0 Å². The number of aliphatic hydroxyl groups is 1. The third kappa shape index (κ3) is 3.10. The van der Waals surface area contributed by atoms with Gasteiger partial charge in [-0.05, 0) is 13.0 Å². The number of aromatic nitrogens is 4. The summed E-state index contributed by atoms with van der Waals surface area (Å²) in [5, 5.41) is 10.5. The Hall–Kier alpha value is -3.64. The lowest BCUT2D eigenvalue weighted by molar-refractivity contribution is 0.0995. The Morgan fingerprint density at radius 3 is 3.04 bits per heavy atom. The molecule has 8 nitrogen and oxygen atoms in total. The summed E-state index contributed by atoms with van der Waals surface area (Å²) >= 11 is 0. The van der Waals surface area contributed by atoms with Gasteiger partial charge < -0.3 is 25.1 Å². The molecule has 3 aromatic rings. The third-order valence-electron chi connectivity index (χ3n) is 4.33. The van der Waals surface area contributed by atoms with Crippen molar-refractivity contribution in [1.29, 1.82) is 0 Å². The number of carbonyl (C=O) groups is 1. The van der Waals surface area contributed by atoms with Crippen LogP contribution in [0.1, 0.15) is 28.8 Å². The van der Waals surface area contributed by atoms with Crippen molar-refractivity contribution in [3.8, 4) is 29.0 Å². The summed E-state index contributed by atoms with van der Waals surface area (Å²) in [4.78, 5) is 22.5. The highest BCUT2D eigenvalue weighted by Gasteiger charge is 2.24. The quantitative estimate of drug-likeness (QED) is 0.576. The number of nitrogens with one attached hydrogen (secondary N) is 1. The minimum Gasteiger partial charge on any atom is -0.491 e. The zero-order valence-electron chi connectivity index (χ0n) is 14.9. The molecule has 4 N–H and O–H groups in total. The maximum atomic E-state index is 14.5. The van der Waals surface area contributed by atoms with Crippen molar-refractivity contribution in [3.63, 3.8) is 0 Å². The van der Waals surface area contributed by atoms with Gasteiger partial charge in [0.1, 0.15) is 29.7 Å². The maximum Gasteiger partial charge on any atom is 0.268 e. The molecule has 1 aromatic carbocycles. The molecule has 0 spiro atoms. The largest absolute Gasteiger partial charge is 0.491 e. The average Bonchev–Trinajstić information content (AvgIpc) is 3.29. The van der Waals surface area contributed by atoms with E-state index in [0.29, 0.717) is 23.7 Å². The summed E-state index contributed by atoms with van der Waals surface area (Å²) in [5.41, 5.74) is 4.37. The molecule has 2 aromatic heterocycles. The molecular formula is C19H16FN5O3. The Morgan fingerprint density at radius 1 is 1.50 bits per heavy atom. The van der Waals surface area contributed by atoms with E-state index in [4.69, 9.17) is 10.5 Å². The van der Waals surface area contributed by atoms with E-state index >= 15 is 0 Å². The number of hydrogen-bond acceptors (Lipinski definition) is 5. The van der Waals surface area contributed by atoms with Crippen molar-refractivity contribution in [1.82, 2.24) is 19.5 Å². The van der Waals surface area contributed by atoms with Gasteiger partial charge in [0.05, 0.1) is 17.7 Å². The lowest BCUT2D eigenvalue weighted by Gasteiger charge is -2.12. The number of imidazole rings is 2. The highest BCUT2D eigenvalue weighted by atomic mass is 19.1. The second-order valence-electron chi connectivity index (χ2n) is 6.44. The predicted molar refractivity (Wildman–Crippen MR) is 96.7 cm³/mol. The van der Waals surface area contributed by atoms with Crippen LogP contribution in [-0.2, 0) is 12.1 Å². The molecule has 1 aliphatic rings. The van der Waals surface area contributed by atoms with Crippen LogP contribution in [0.2, 0.25) is 0 Å². The lowest BCUT2D eigenvalue weighted by atomic mass is 10.0. The number of ether oxygens (including phenoxy) is 1. The molecule has 0 fully saturated rings. The maximum absolute atomic E-state index is 14.5. The number of rotatable bonds is 2. The first-order valence-electron chi connectivity index (χ1n) is 8.44. The van der Waals surface area contributed by atoms with Crippen molar-refractivity contribution in [2.45, 2.75) is 19.1 Å². The van der Waals surface area contributed by atoms with Crippen LogP contribution in [0, 0.1) is 17.7 Å². The molecule has 3 heterocycles. The van der Waals surface area contributed by atoms with Gasteiger partial charge in [-0.1, -0.05) is 11.8 Å². The van der Waals surface area contributed by atoms with Gasteiger partial charge in [0.15, 0.2) is 11.4 Å². The Morgan fingerprint density at radius 2 is 2.32 bits per heavy atom. The van der Waals surface area contributed by atoms with Crippen LogP contribution in [0.15, 0.2) is 30.7 Å². The van der Waals surface area contributed by atoms with E-state index < -0.39 is 17.3 Å². The van der Waals surface area contributed by atoms with E-state index in [-0.39, 0.29) is 23.7 Å². The van der Waals surface area contributed by atoms with Crippen LogP contribution in [0.25, 0.3) is 11.4 Å². The minimum absolute atomic E-state index is 0.0475. The summed E-state index contributed by atoms with van der Waals surface area (Å²) in [6, 6.07) is 2.69. The standard InChI is InChI=1S/C19H16FN5O3/c1-19(27,18-22-4-5-23-18)3-2-11-8-12-15(9-13(11)20)28-7-6-25-10-14(16(21)26)24-17(12)25/h4-5,8-10,27H,6-7H2,1H3,(H2,21,26)(H,22,23). The number of fused-ring (bicyclic) bond motifs is 3. The summed E-state index contributed by atoms with van der Waals surface area (Å²) < 4.78 is 21.9. The zero-order valence-corrected chi connectivity index (χ0v) is 14.9. The third-order valence-corrected chi connectivity index (χ3v) is 4.33. The number of nitrogens with zero attached hydrogens (tertiary/aromatic N) is 3. The van der Waals surface area contributed by atoms with Gasteiger partial charge in [-0.25, -0.2) is 14.4 Å². The number of amides is 1. The molecule has 4 rings (SSSR count). The fourth-order valence-electron chi connectivity index (χ4n) is 2.90. The van der Waals surface area contributed by atoms with Crippen LogP contribution in [0.5, 0.6) is 5.75 Å². The molecule has 142 valence electrons. The Bertz CT molecular complexity index is 1120. The SMILES string of the molecule is CC(O)(C#Cc1cc2c(cc1F)OCCn1cc(C(N)=O)nc1-2)c1ncc[nH]1. The van der Waals surface area contributed by atoms with Crippen molar-refractivity contribution in [2.24, 2.45) is 5.73 Å². The molecule has 0 radical (unpaired) electrons. The number of primary amides is 1. The number of aromatic amines is 1. The molecule has 1 unspecified atom stereocenters. The van der Waals surface area contributed by atoms with Crippen LogP contribution in [0.4, 0.5) is 4.39 Å². The summed E-state index contributed by atoms with van der Waals surface area (Å²) in [6.45, 7) is 2.17. The zero-order chi connectivity index (χ0) is 19.9. The van der Waals surface area contributed by atoms with Gasteiger partial charge in [0, 0.05) is 24.7 Å². The highest BCUT2D eigenvalue weighted by Crippen LogP contribution is 2.34. The average molecular weight is 381 g/mol. The molecule has 0 saturated heterocycles. The first-order valence-corrected chi connectivity index (χ1v) is 8.44. The lowest BCUT2D eigenvalue weighted by Crippen LogP contribution is -2.20. The van der Waals surface area contributed by atoms with Gasteiger partial charge in [-0.3, -0.25) is 4.79 Å².